The highest BCUT2D eigenvalue weighted by atomic mass is 19.4. The van der Waals surface area contributed by atoms with Crippen molar-refractivity contribution in [2.75, 3.05) is 0 Å². The number of aliphatic carboxylic acids is 1. The number of rotatable bonds is 3. The van der Waals surface area contributed by atoms with Gasteiger partial charge in [-0.3, -0.25) is 4.79 Å². The zero-order valence-electron chi connectivity index (χ0n) is 21.1. The molecular formula is C29H28F3N4O3+. The molecule has 4 bridgehead atoms. The number of amides is 1. The summed E-state index contributed by atoms with van der Waals surface area (Å²) < 4.78 is 33.7. The van der Waals surface area contributed by atoms with Gasteiger partial charge in [0, 0.05) is 16.3 Å². The highest BCUT2D eigenvalue weighted by molar-refractivity contribution is 6.00. The molecule has 4 aliphatic carbocycles. The molecule has 4 aromatic rings. The predicted molar refractivity (Wildman–Crippen MR) is 133 cm³/mol. The SMILES string of the molecule is O=C(NC12CC3CC(CC(C3)C1)C2)c1[nH]c(-c2c[nH+]cc3ccccc23)[n+]2ccccc12.O=C([O-])C(F)(F)F. The second-order valence-electron chi connectivity index (χ2n) is 11.2. The van der Waals surface area contributed by atoms with E-state index in [9.17, 15) is 18.0 Å². The van der Waals surface area contributed by atoms with Gasteiger partial charge in [-0.25, -0.2) is 9.97 Å². The zero-order chi connectivity index (χ0) is 27.4. The molecule has 3 N–H and O–H groups in total. The first-order chi connectivity index (χ1) is 18.6. The molecule has 3 heterocycles. The number of hydrogen-bond acceptors (Lipinski definition) is 3. The molecule has 0 saturated heterocycles. The van der Waals surface area contributed by atoms with Crippen LogP contribution in [0.25, 0.3) is 27.7 Å². The molecule has 1 aromatic carbocycles. The summed E-state index contributed by atoms with van der Waals surface area (Å²) in [5, 5.41) is 14.6. The van der Waals surface area contributed by atoms with E-state index in [1.165, 1.54) is 19.3 Å². The second kappa shape index (κ2) is 9.36. The first-order valence-electron chi connectivity index (χ1n) is 13.1. The minimum absolute atomic E-state index is 0.00387. The largest absolute Gasteiger partial charge is 0.542 e. The van der Waals surface area contributed by atoms with Crippen molar-refractivity contribution in [3.05, 3.63) is 66.7 Å². The minimum Gasteiger partial charge on any atom is -0.542 e. The summed E-state index contributed by atoms with van der Waals surface area (Å²) in [7, 11) is 0. The van der Waals surface area contributed by atoms with Crippen molar-refractivity contribution in [1.82, 2.24) is 10.3 Å². The van der Waals surface area contributed by atoms with Crippen molar-refractivity contribution in [2.45, 2.75) is 50.2 Å². The Labute approximate surface area is 222 Å². The van der Waals surface area contributed by atoms with Crippen LogP contribution in [0.5, 0.6) is 0 Å². The lowest BCUT2D eigenvalue weighted by Crippen LogP contribution is -2.59. The fraction of sp³-hybridized carbons (Fsp3) is 0.379. The molecule has 0 spiro atoms. The van der Waals surface area contributed by atoms with Crippen LogP contribution in [-0.2, 0) is 4.79 Å². The molecule has 0 radical (unpaired) electrons. The first-order valence-corrected chi connectivity index (χ1v) is 13.1. The molecule has 10 heteroatoms. The number of nitrogens with one attached hydrogen (secondary N) is 3. The Hall–Kier alpha value is -3.95. The van der Waals surface area contributed by atoms with E-state index in [4.69, 9.17) is 9.90 Å². The van der Waals surface area contributed by atoms with E-state index in [1.807, 2.05) is 42.9 Å². The number of aromatic amines is 2. The minimum atomic E-state index is -5.19. The van der Waals surface area contributed by atoms with Crippen LogP contribution in [0.3, 0.4) is 0 Å². The summed E-state index contributed by atoms with van der Waals surface area (Å²) in [6.07, 6.45) is 8.44. The van der Waals surface area contributed by atoms with Crippen LogP contribution >= 0.6 is 0 Å². The van der Waals surface area contributed by atoms with Crippen molar-refractivity contribution in [2.24, 2.45) is 17.8 Å². The topological polar surface area (TPSA) is 103 Å². The average molecular weight is 538 g/mol. The van der Waals surface area contributed by atoms with Crippen molar-refractivity contribution in [1.29, 1.82) is 0 Å². The normalized spacial score (nSPS) is 25.4. The summed E-state index contributed by atoms with van der Waals surface area (Å²) in [5.41, 5.74) is 2.62. The third kappa shape index (κ3) is 4.72. The third-order valence-electron chi connectivity index (χ3n) is 8.45. The van der Waals surface area contributed by atoms with E-state index in [2.05, 4.69) is 37.9 Å². The first kappa shape index (κ1) is 25.3. The summed E-state index contributed by atoms with van der Waals surface area (Å²) in [6, 6.07) is 14.4. The maximum Gasteiger partial charge on any atom is 0.430 e. The van der Waals surface area contributed by atoms with Gasteiger partial charge in [0.15, 0.2) is 17.9 Å². The van der Waals surface area contributed by atoms with Crippen molar-refractivity contribution < 1.29 is 37.3 Å². The molecule has 4 aliphatic rings. The van der Waals surface area contributed by atoms with Crippen molar-refractivity contribution >= 4 is 28.2 Å². The fourth-order valence-electron chi connectivity index (χ4n) is 7.38. The summed E-state index contributed by atoms with van der Waals surface area (Å²) in [6.45, 7) is 0. The number of carboxylic acids is 1. The monoisotopic (exact) mass is 537 g/mol. The molecular weight excluding hydrogens is 509 g/mol. The standard InChI is InChI=1S/C27H26N4O.C2HF3O2/c32-26(30-27-12-17-9-18(13-27)11-19(10-17)14-27)24-23-7-3-4-8-31(23)25(29-24)22-16-28-15-20-5-1-2-6-21(20)22;3-2(4,5)1(6)7/h1-8,15-19H,9-14H2,(H,30,32);(H,6,7)/p+1. The number of hydrogen-bond donors (Lipinski definition) is 2. The fourth-order valence-corrected chi connectivity index (χ4v) is 7.38. The number of halogens is 3. The highest BCUT2D eigenvalue weighted by Crippen LogP contribution is 2.55. The van der Waals surface area contributed by atoms with Crippen LogP contribution in [0.1, 0.15) is 49.0 Å². The molecule has 1 amide bonds. The van der Waals surface area contributed by atoms with E-state index in [-0.39, 0.29) is 11.4 Å². The molecule has 7 nitrogen and oxygen atoms in total. The number of imidazole rings is 1. The maximum atomic E-state index is 13.7. The Bertz CT molecular complexity index is 1540. The van der Waals surface area contributed by atoms with Crippen LogP contribution in [-0.4, -0.2) is 28.6 Å². The maximum absolute atomic E-state index is 13.7. The van der Waals surface area contributed by atoms with Crippen molar-refractivity contribution in [3.63, 3.8) is 0 Å². The van der Waals surface area contributed by atoms with Crippen LogP contribution < -0.4 is 19.8 Å². The lowest BCUT2D eigenvalue weighted by atomic mass is 9.53. The second-order valence-corrected chi connectivity index (χ2v) is 11.2. The zero-order valence-corrected chi connectivity index (χ0v) is 21.1. The number of H-pyrrole nitrogens is 2. The van der Waals surface area contributed by atoms with Crippen LogP contribution in [0.15, 0.2) is 61.1 Å². The Kier molecular flexibility index (Phi) is 6.08. The Morgan fingerprint density at radius 2 is 1.59 bits per heavy atom. The molecule has 0 aliphatic heterocycles. The van der Waals surface area contributed by atoms with Crippen molar-refractivity contribution in [3.8, 4) is 11.4 Å². The Morgan fingerprint density at radius 1 is 0.974 bits per heavy atom. The number of benzene rings is 1. The van der Waals surface area contributed by atoms with E-state index in [0.29, 0.717) is 5.69 Å². The van der Waals surface area contributed by atoms with Gasteiger partial charge < -0.3 is 15.2 Å². The number of carbonyl (C=O) groups is 2. The smallest absolute Gasteiger partial charge is 0.430 e. The number of fused-ring (bicyclic) bond motifs is 2. The molecule has 39 heavy (non-hydrogen) atoms. The van der Waals surface area contributed by atoms with Gasteiger partial charge in [-0.1, -0.05) is 24.3 Å². The number of carboxylic acid groups (broad SMARTS) is 1. The number of carbonyl (C=O) groups excluding carboxylic acids is 2. The number of aromatic nitrogens is 3. The molecule has 8 rings (SSSR count). The number of alkyl halides is 3. The van der Waals surface area contributed by atoms with Crippen LogP contribution in [0, 0.1) is 17.8 Å². The molecule has 4 fully saturated rings. The Balaban J connectivity index is 0.000000353. The van der Waals surface area contributed by atoms with Gasteiger partial charge in [0.05, 0.1) is 6.20 Å². The number of nitrogens with zero attached hydrogens (tertiary/aromatic N) is 1. The van der Waals surface area contributed by atoms with Crippen LogP contribution in [0.2, 0.25) is 0 Å². The molecule has 4 saturated carbocycles. The summed E-state index contributed by atoms with van der Waals surface area (Å²) >= 11 is 0. The van der Waals surface area contributed by atoms with E-state index in [0.717, 1.165) is 64.7 Å². The highest BCUT2D eigenvalue weighted by Gasteiger charge is 2.52. The summed E-state index contributed by atoms with van der Waals surface area (Å²) in [5.74, 6) is 0.359. The van der Waals surface area contributed by atoms with Gasteiger partial charge in [-0.05, 0) is 74.5 Å². The lowest BCUT2D eigenvalue weighted by Gasteiger charge is -2.56. The van der Waals surface area contributed by atoms with Gasteiger partial charge in [-0.15, -0.1) is 0 Å². The molecule has 202 valence electrons. The van der Waals surface area contributed by atoms with Gasteiger partial charge in [0.25, 0.3) is 11.7 Å². The molecule has 0 unspecified atom stereocenters. The quantitative estimate of drug-likeness (QED) is 0.392. The molecule has 3 aromatic heterocycles. The van der Waals surface area contributed by atoms with E-state index >= 15 is 0 Å². The third-order valence-corrected chi connectivity index (χ3v) is 8.45. The number of pyridine rings is 2. The van der Waals surface area contributed by atoms with Gasteiger partial charge >= 0.3 is 6.18 Å². The van der Waals surface area contributed by atoms with E-state index in [1.54, 1.807) is 0 Å². The average Bonchev–Trinajstić information content (AvgIpc) is 3.27. The molecule has 0 atom stereocenters. The Morgan fingerprint density at radius 3 is 2.23 bits per heavy atom. The summed E-state index contributed by atoms with van der Waals surface area (Å²) in [4.78, 5) is 29.3. The van der Waals surface area contributed by atoms with Gasteiger partial charge in [0.1, 0.15) is 11.5 Å². The van der Waals surface area contributed by atoms with Crippen LogP contribution in [0.4, 0.5) is 13.2 Å². The van der Waals surface area contributed by atoms with E-state index < -0.39 is 12.1 Å². The predicted octanol–water partition coefficient (Wildman–Crippen LogP) is 3.38. The lowest BCUT2D eigenvalue weighted by molar-refractivity contribution is -0.498. The van der Waals surface area contributed by atoms with Gasteiger partial charge in [-0.2, -0.15) is 17.6 Å². The van der Waals surface area contributed by atoms with Gasteiger partial charge in [0.2, 0.25) is 5.69 Å².